The Hall–Kier alpha value is -2.16. The largest absolute Gasteiger partial charge is 0.507 e. The van der Waals surface area contributed by atoms with Gasteiger partial charge in [-0.25, -0.2) is 5.10 Å². The lowest BCUT2D eigenvalue weighted by molar-refractivity contribution is -0.147. The second-order valence-corrected chi connectivity index (χ2v) is 3.85. The fourth-order valence-electron chi connectivity index (χ4n) is 1.30. The van der Waals surface area contributed by atoms with Gasteiger partial charge in [0.05, 0.1) is 6.21 Å². The molecule has 1 heterocycles. The molecule has 0 radical (unpaired) electrons. The average molecular weight is 288 g/mol. The number of rotatable bonds is 2. The van der Waals surface area contributed by atoms with Gasteiger partial charge in [0.25, 0.3) is 5.82 Å². The molecule has 5 nitrogen and oxygen atoms in total. The Morgan fingerprint density at radius 3 is 2.68 bits per heavy atom. The minimum absolute atomic E-state index is 0.102. The van der Waals surface area contributed by atoms with Gasteiger partial charge in [0.15, 0.2) is 0 Å². The third kappa shape index (κ3) is 2.81. The number of hydrogen-bond acceptors (Lipinski definition) is 4. The van der Waals surface area contributed by atoms with Gasteiger partial charge < -0.3 is 5.11 Å². The SMILES string of the molecule is Oc1ccccc1/C=N\n1c(C(F)(F)F)n[nH]c1=S. The van der Waals surface area contributed by atoms with Crippen molar-refractivity contribution in [2.45, 2.75) is 6.18 Å². The van der Waals surface area contributed by atoms with Crippen molar-refractivity contribution < 1.29 is 18.3 Å². The molecule has 100 valence electrons. The van der Waals surface area contributed by atoms with Crippen LogP contribution in [0.3, 0.4) is 0 Å². The highest BCUT2D eigenvalue weighted by atomic mass is 32.1. The molecular weight excluding hydrogens is 281 g/mol. The quantitative estimate of drug-likeness (QED) is 0.659. The zero-order valence-electron chi connectivity index (χ0n) is 9.22. The van der Waals surface area contributed by atoms with Crippen LogP contribution in [0.15, 0.2) is 29.4 Å². The molecule has 1 aromatic heterocycles. The summed E-state index contributed by atoms with van der Waals surface area (Å²) in [5.41, 5.74) is 0.263. The number of phenolic OH excluding ortho intramolecular Hbond substituents is 1. The molecule has 2 aromatic rings. The molecule has 2 N–H and O–H groups in total. The van der Waals surface area contributed by atoms with Gasteiger partial charge in [-0.2, -0.15) is 22.9 Å². The number of hydrogen-bond donors (Lipinski definition) is 2. The lowest BCUT2D eigenvalue weighted by Crippen LogP contribution is -2.12. The minimum Gasteiger partial charge on any atom is -0.507 e. The van der Waals surface area contributed by atoms with E-state index in [-0.39, 0.29) is 16.1 Å². The Bertz CT molecular complexity index is 674. The second kappa shape index (κ2) is 4.84. The van der Waals surface area contributed by atoms with E-state index >= 15 is 0 Å². The maximum atomic E-state index is 12.6. The molecular formula is C10H7F3N4OS. The first kappa shape index (κ1) is 13.3. The van der Waals surface area contributed by atoms with Crippen molar-refractivity contribution in [1.29, 1.82) is 0 Å². The van der Waals surface area contributed by atoms with E-state index < -0.39 is 12.0 Å². The number of nitrogens with zero attached hydrogens (tertiary/aromatic N) is 3. The average Bonchev–Trinajstić information content (AvgIpc) is 2.69. The van der Waals surface area contributed by atoms with E-state index in [1.54, 1.807) is 12.1 Å². The number of alkyl halides is 3. The van der Waals surface area contributed by atoms with Crippen molar-refractivity contribution in [3.8, 4) is 5.75 Å². The predicted octanol–water partition coefficient (Wildman–Crippen LogP) is 2.55. The first-order chi connectivity index (χ1) is 8.89. The molecule has 0 bridgehead atoms. The van der Waals surface area contributed by atoms with Crippen LogP contribution in [0.25, 0.3) is 0 Å². The number of phenols is 1. The Morgan fingerprint density at radius 1 is 1.37 bits per heavy atom. The maximum absolute atomic E-state index is 12.6. The summed E-state index contributed by atoms with van der Waals surface area (Å²) in [6.45, 7) is 0. The Balaban J connectivity index is 2.42. The van der Waals surface area contributed by atoms with Crippen molar-refractivity contribution in [3.05, 3.63) is 40.4 Å². The van der Waals surface area contributed by atoms with E-state index in [1.165, 1.54) is 12.1 Å². The number of aromatic nitrogens is 3. The molecule has 1 aromatic carbocycles. The molecule has 0 spiro atoms. The number of para-hydroxylation sites is 1. The highest BCUT2D eigenvalue weighted by Crippen LogP contribution is 2.27. The molecule has 2 rings (SSSR count). The van der Waals surface area contributed by atoms with Gasteiger partial charge in [-0.05, 0) is 24.4 Å². The summed E-state index contributed by atoms with van der Waals surface area (Å²) in [5.74, 6) is -1.36. The first-order valence-electron chi connectivity index (χ1n) is 4.96. The molecule has 9 heteroatoms. The number of benzene rings is 1. The third-order valence-electron chi connectivity index (χ3n) is 2.15. The van der Waals surface area contributed by atoms with Crippen LogP contribution >= 0.6 is 12.2 Å². The topological polar surface area (TPSA) is 66.2 Å². The molecule has 0 aliphatic carbocycles. The third-order valence-corrected chi connectivity index (χ3v) is 2.42. The summed E-state index contributed by atoms with van der Waals surface area (Å²) in [4.78, 5) is 0. The van der Waals surface area contributed by atoms with Crippen LogP contribution in [0.1, 0.15) is 11.4 Å². The number of aromatic amines is 1. The summed E-state index contributed by atoms with van der Waals surface area (Å²) < 4.78 is 37.9. The molecule has 0 saturated carbocycles. The van der Waals surface area contributed by atoms with E-state index in [0.29, 0.717) is 4.68 Å². The zero-order chi connectivity index (χ0) is 14.0. The van der Waals surface area contributed by atoms with E-state index in [0.717, 1.165) is 6.21 Å². The van der Waals surface area contributed by atoms with E-state index in [4.69, 9.17) is 0 Å². The zero-order valence-corrected chi connectivity index (χ0v) is 10.0. The predicted molar refractivity (Wildman–Crippen MR) is 63.5 cm³/mol. The molecule has 0 aliphatic rings. The van der Waals surface area contributed by atoms with Crippen LogP contribution in [0, 0.1) is 4.77 Å². The molecule has 0 fully saturated rings. The maximum Gasteiger partial charge on any atom is 0.453 e. The minimum atomic E-state index is -4.68. The summed E-state index contributed by atoms with van der Waals surface area (Å²) in [7, 11) is 0. The van der Waals surface area contributed by atoms with Crippen molar-refractivity contribution in [2.24, 2.45) is 5.10 Å². The van der Waals surface area contributed by atoms with Gasteiger partial charge in [-0.1, -0.05) is 12.1 Å². The number of halogens is 3. The lowest BCUT2D eigenvalue weighted by atomic mass is 10.2. The fraction of sp³-hybridized carbons (Fsp3) is 0.100. The monoisotopic (exact) mass is 288 g/mol. The molecule has 19 heavy (non-hydrogen) atoms. The van der Waals surface area contributed by atoms with Crippen LogP contribution in [0.5, 0.6) is 5.75 Å². The van der Waals surface area contributed by atoms with Gasteiger partial charge in [-0.3, -0.25) is 0 Å². The highest BCUT2D eigenvalue weighted by Gasteiger charge is 2.37. The molecule has 0 unspecified atom stereocenters. The molecule has 0 atom stereocenters. The van der Waals surface area contributed by atoms with Gasteiger partial charge in [-0.15, -0.1) is 5.10 Å². The summed E-state index contributed by atoms with van der Waals surface area (Å²) in [6, 6.07) is 6.08. The number of nitrogens with one attached hydrogen (secondary N) is 1. The second-order valence-electron chi connectivity index (χ2n) is 3.47. The van der Waals surface area contributed by atoms with Gasteiger partial charge in [0.2, 0.25) is 4.77 Å². The van der Waals surface area contributed by atoms with E-state index in [9.17, 15) is 18.3 Å². The highest BCUT2D eigenvalue weighted by molar-refractivity contribution is 7.71. The van der Waals surface area contributed by atoms with Crippen LogP contribution < -0.4 is 0 Å². The van der Waals surface area contributed by atoms with E-state index in [2.05, 4.69) is 22.4 Å². The van der Waals surface area contributed by atoms with Crippen LogP contribution in [0.2, 0.25) is 0 Å². The van der Waals surface area contributed by atoms with Gasteiger partial charge in [0, 0.05) is 5.56 Å². The fourth-order valence-corrected chi connectivity index (χ4v) is 1.48. The van der Waals surface area contributed by atoms with Crippen molar-refractivity contribution in [3.63, 3.8) is 0 Å². The molecule has 0 aliphatic heterocycles. The van der Waals surface area contributed by atoms with Gasteiger partial charge in [0.1, 0.15) is 5.75 Å². The number of H-pyrrole nitrogens is 1. The van der Waals surface area contributed by atoms with Crippen LogP contribution in [-0.4, -0.2) is 26.2 Å². The lowest BCUT2D eigenvalue weighted by Gasteiger charge is -2.04. The Kier molecular flexibility index (Phi) is 3.38. The normalized spacial score (nSPS) is 12.2. The standard InChI is InChI=1S/C10H7F3N4OS/c11-10(12,13)8-15-16-9(19)17(8)14-5-6-3-1-2-4-7(6)18/h1-5,18H,(H,16,19)/b14-5-. The Labute approximate surface area is 110 Å². The smallest absolute Gasteiger partial charge is 0.453 e. The van der Waals surface area contributed by atoms with Crippen molar-refractivity contribution >= 4 is 18.4 Å². The Morgan fingerprint density at radius 2 is 2.05 bits per heavy atom. The number of aromatic hydroxyl groups is 1. The van der Waals surface area contributed by atoms with Crippen LogP contribution in [0.4, 0.5) is 13.2 Å². The van der Waals surface area contributed by atoms with E-state index in [1.807, 2.05) is 5.10 Å². The van der Waals surface area contributed by atoms with Crippen molar-refractivity contribution in [1.82, 2.24) is 14.9 Å². The van der Waals surface area contributed by atoms with Gasteiger partial charge >= 0.3 is 6.18 Å². The summed E-state index contributed by atoms with van der Waals surface area (Å²) in [5, 5.41) is 18.1. The first-order valence-corrected chi connectivity index (χ1v) is 5.37. The summed E-state index contributed by atoms with van der Waals surface area (Å²) >= 11 is 4.66. The van der Waals surface area contributed by atoms with Crippen LogP contribution in [-0.2, 0) is 6.18 Å². The molecule has 0 amide bonds. The van der Waals surface area contributed by atoms with Crippen molar-refractivity contribution in [2.75, 3.05) is 0 Å². The molecule has 0 saturated heterocycles. The summed E-state index contributed by atoms with van der Waals surface area (Å²) in [6.07, 6.45) is -3.61.